The third-order valence-electron chi connectivity index (χ3n) is 3.48. The van der Waals surface area contributed by atoms with Gasteiger partial charge in [0.15, 0.2) is 0 Å². The molecule has 2 N–H and O–H groups in total. The molecule has 1 saturated carbocycles. The van der Waals surface area contributed by atoms with Gasteiger partial charge in [0.2, 0.25) is 0 Å². The summed E-state index contributed by atoms with van der Waals surface area (Å²) in [6, 6.07) is 0. The van der Waals surface area contributed by atoms with Gasteiger partial charge in [-0.1, -0.05) is 45.4 Å². The van der Waals surface area contributed by atoms with E-state index in [-0.39, 0.29) is 6.10 Å². The molecule has 0 aliphatic heterocycles. The van der Waals surface area contributed by atoms with Gasteiger partial charge in [0.1, 0.15) is 0 Å². The molecule has 1 unspecified atom stereocenters. The van der Waals surface area contributed by atoms with Gasteiger partial charge in [-0.15, -0.1) is 0 Å². The Morgan fingerprint density at radius 2 is 1.69 bits per heavy atom. The van der Waals surface area contributed by atoms with Crippen molar-refractivity contribution in [2.45, 2.75) is 70.8 Å². The van der Waals surface area contributed by atoms with Crippen LogP contribution in [0.4, 0.5) is 0 Å². The second kappa shape index (κ2) is 9.00. The molecule has 0 bridgehead atoms. The molecular formula is C14H29NO. The van der Waals surface area contributed by atoms with Crippen LogP contribution in [0.15, 0.2) is 0 Å². The first-order chi connectivity index (χ1) is 7.84. The normalized spacial score (nSPS) is 17.6. The third kappa shape index (κ3) is 7.24. The van der Waals surface area contributed by atoms with E-state index in [0.29, 0.717) is 5.92 Å². The molecule has 0 amide bonds. The van der Waals surface area contributed by atoms with Gasteiger partial charge in [-0.2, -0.15) is 0 Å². The summed E-state index contributed by atoms with van der Waals surface area (Å²) in [6.07, 6.45) is 11.9. The topological polar surface area (TPSA) is 32.3 Å². The molecule has 0 spiro atoms. The highest BCUT2D eigenvalue weighted by molar-refractivity contribution is 4.81. The summed E-state index contributed by atoms with van der Waals surface area (Å²) in [7, 11) is 0. The van der Waals surface area contributed by atoms with Gasteiger partial charge < -0.3 is 10.4 Å². The van der Waals surface area contributed by atoms with Crippen molar-refractivity contribution in [2.24, 2.45) is 5.92 Å². The molecule has 1 fully saturated rings. The first-order valence-electron chi connectivity index (χ1n) is 7.23. The summed E-state index contributed by atoms with van der Waals surface area (Å²) in [5, 5.41) is 13.0. The van der Waals surface area contributed by atoms with E-state index in [1.165, 1.54) is 57.8 Å². The molecule has 0 aromatic rings. The molecule has 16 heavy (non-hydrogen) atoms. The van der Waals surface area contributed by atoms with E-state index in [1.54, 1.807) is 0 Å². The minimum absolute atomic E-state index is 0.0791. The highest BCUT2D eigenvalue weighted by Gasteiger charge is 2.28. The number of hydrogen-bond acceptors (Lipinski definition) is 2. The first kappa shape index (κ1) is 14.0. The summed E-state index contributed by atoms with van der Waals surface area (Å²) in [5.74, 6) is 0.613. The predicted molar refractivity (Wildman–Crippen MR) is 69.6 cm³/mol. The molecule has 96 valence electrons. The van der Waals surface area contributed by atoms with E-state index in [0.717, 1.165) is 13.1 Å². The Bertz CT molecular complexity index is 157. The summed E-state index contributed by atoms with van der Waals surface area (Å²) in [5.41, 5.74) is 0. The number of hydrogen-bond donors (Lipinski definition) is 2. The van der Waals surface area contributed by atoms with Crippen molar-refractivity contribution in [3.63, 3.8) is 0 Å². The summed E-state index contributed by atoms with van der Waals surface area (Å²) in [6.45, 7) is 4.15. The van der Waals surface area contributed by atoms with E-state index >= 15 is 0 Å². The van der Waals surface area contributed by atoms with Crippen LogP contribution in [0.5, 0.6) is 0 Å². The van der Waals surface area contributed by atoms with E-state index in [2.05, 4.69) is 12.2 Å². The molecule has 0 heterocycles. The van der Waals surface area contributed by atoms with Gasteiger partial charge >= 0.3 is 0 Å². The molecule has 1 aliphatic carbocycles. The number of unbranched alkanes of at least 4 members (excludes halogenated alkanes) is 6. The van der Waals surface area contributed by atoms with Crippen molar-refractivity contribution >= 4 is 0 Å². The van der Waals surface area contributed by atoms with Crippen LogP contribution in [0.25, 0.3) is 0 Å². The molecule has 0 radical (unpaired) electrons. The summed E-state index contributed by atoms with van der Waals surface area (Å²) >= 11 is 0. The van der Waals surface area contributed by atoms with Crippen LogP contribution in [0.3, 0.4) is 0 Å². The largest absolute Gasteiger partial charge is 0.392 e. The number of aliphatic hydroxyl groups is 1. The second-order valence-electron chi connectivity index (χ2n) is 5.23. The van der Waals surface area contributed by atoms with Crippen LogP contribution >= 0.6 is 0 Å². The zero-order chi connectivity index (χ0) is 11.6. The number of nitrogens with one attached hydrogen (secondary N) is 1. The van der Waals surface area contributed by atoms with Crippen molar-refractivity contribution in [3.8, 4) is 0 Å². The summed E-state index contributed by atoms with van der Waals surface area (Å²) < 4.78 is 0. The Labute approximate surface area is 101 Å². The molecule has 1 rings (SSSR count). The molecular weight excluding hydrogens is 198 g/mol. The molecule has 0 aromatic carbocycles. The standard InChI is InChI=1S/C14H29NO/c1-2-3-4-5-6-7-8-11-15-12-14(16)13-9-10-13/h13-16H,2-12H2,1H3. The monoisotopic (exact) mass is 227 g/mol. The Morgan fingerprint density at radius 3 is 2.31 bits per heavy atom. The van der Waals surface area contributed by atoms with Gasteiger partial charge in [0.25, 0.3) is 0 Å². The number of aliphatic hydroxyl groups excluding tert-OH is 1. The van der Waals surface area contributed by atoms with Crippen LogP contribution in [-0.2, 0) is 0 Å². The molecule has 2 nitrogen and oxygen atoms in total. The number of rotatable bonds is 11. The lowest BCUT2D eigenvalue weighted by molar-refractivity contribution is 0.149. The van der Waals surface area contributed by atoms with Crippen molar-refractivity contribution in [2.75, 3.05) is 13.1 Å². The van der Waals surface area contributed by atoms with Crippen LogP contribution < -0.4 is 5.32 Å². The third-order valence-corrected chi connectivity index (χ3v) is 3.48. The van der Waals surface area contributed by atoms with Crippen LogP contribution in [-0.4, -0.2) is 24.3 Å². The zero-order valence-electron chi connectivity index (χ0n) is 10.9. The maximum absolute atomic E-state index is 9.63. The Kier molecular flexibility index (Phi) is 7.87. The van der Waals surface area contributed by atoms with Crippen molar-refractivity contribution in [1.29, 1.82) is 0 Å². The molecule has 1 aliphatic rings. The minimum atomic E-state index is -0.0791. The lowest BCUT2D eigenvalue weighted by Gasteiger charge is -2.10. The fraction of sp³-hybridized carbons (Fsp3) is 1.00. The molecule has 0 aromatic heterocycles. The minimum Gasteiger partial charge on any atom is -0.392 e. The fourth-order valence-corrected chi connectivity index (χ4v) is 2.10. The Balaban J connectivity index is 1.71. The predicted octanol–water partition coefficient (Wildman–Crippen LogP) is 3.10. The Hall–Kier alpha value is -0.0800. The lowest BCUT2D eigenvalue weighted by atomic mass is 10.1. The molecule has 1 atom stereocenters. The van der Waals surface area contributed by atoms with E-state index in [9.17, 15) is 5.11 Å². The highest BCUT2D eigenvalue weighted by atomic mass is 16.3. The quantitative estimate of drug-likeness (QED) is 0.532. The van der Waals surface area contributed by atoms with Crippen molar-refractivity contribution < 1.29 is 5.11 Å². The van der Waals surface area contributed by atoms with Crippen LogP contribution in [0, 0.1) is 5.92 Å². The maximum atomic E-state index is 9.63. The molecule has 0 saturated heterocycles. The maximum Gasteiger partial charge on any atom is 0.0692 e. The lowest BCUT2D eigenvalue weighted by Crippen LogP contribution is -2.28. The van der Waals surface area contributed by atoms with Gasteiger partial charge in [0, 0.05) is 6.54 Å². The van der Waals surface area contributed by atoms with E-state index < -0.39 is 0 Å². The van der Waals surface area contributed by atoms with Crippen molar-refractivity contribution in [1.82, 2.24) is 5.32 Å². The van der Waals surface area contributed by atoms with E-state index in [4.69, 9.17) is 0 Å². The average Bonchev–Trinajstić information content (AvgIpc) is 3.10. The van der Waals surface area contributed by atoms with Gasteiger partial charge in [0.05, 0.1) is 6.10 Å². The molecule has 2 heteroatoms. The van der Waals surface area contributed by atoms with Crippen molar-refractivity contribution in [3.05, 3.63) is 0 Å². The van der Waals surface area contributed by atoms with Gasteiger partial charge in [-0.25, -0.2) is 0 Å². The van der Waals surface area contributed by atoms with Crippen LogP contribution in [0.1, 0.15) is 64.7 Å². The second-order valence-corrected chi connectivity index (χ2v) is 5.23. The van der Waals surface area contributed by atoms with Gasteiger partial charge in [-0.05, 0) is 31.7 Å². The average molecular weight is 227 g/mol. The summed E-state index contributed by atoms with van der Waals surface area (Å²) in [4.78, 5) is 0. The van der Waals surface area contributed by atoms with Crippen LogP contribution in [0.2, 0.25) is 0 Å². The van der Waals surface area contributed by atoms with Gasteiger partial charge in [-0.3, -0.25) is 0 Å². The first-order valence-corrected chi connectivity index (χ1v) is 7.23. The SMILES string of the molecule is CCCCCCCCCNCC(O)C1CC1. The fourth-order valence-electron chi connectivity index (χ4n) is 2.10. The zero-order valence-corrected chi connectivity index (χ0v) is 10.9. The van der Waals surface area contributed by atoms with E-state index in [1.807, 2.05) is 0 Å². The highest BCUT2D eigenvalue weighted by Crippen LogP contribution is 2.32. The smallest absolute Gasteiger partial charge is 0.0692 e. The Morgan fingerprint density at radius 1 is 1.06 bits per heavy atom.